The van der Waals surface area contributed by atoms with E-state index in [1.807, 2.05) is 0 Å². The van der Waals surface area contributed by atoms with Gasteiger partial charge in [-0.15, -0.1) is 0 Å². The second-order valence-corrected chi connectivity index (χ2v) is 12.4. The summed E-state index contributed by atoms with van der Waals surface area (Å²) in [5.74, 6) is 0. The number of hydrogen-bond donors (Lipinski definition) is 0. The second kappa shape index (κ2) is 10.2. The lowest BCUT2D eigenvalue weighted by molar-refractivity contribution is 0.673. The van der Waals surface area contributed by atoms with Crippen LogP contribution >= 0.6 is 0 Å². The SMILES string of the molecule is c1ccc(-c2ccccc2-c2c3ccccc3c(-c3ccc4c(c3)oc3c5ccccc5c5ccccc5c43)c3ccccc23)cc1. The van der Waals surface area contributed by atoms with Crippen molar-refractivity contribution in [3.05, 3.63) is 170 Å². The van der Waals surface area contributed by atoms with Crippen LogP contribution in [0, 0.1) is 0 Å². The Bertz CT molecular complexity index is 2780. The molecule has 1 nitrogen and oxygen atoms in total. The minimum absolute atomic E-state index is 0.908. The zero-order valence-electron chi connectivity index (χ0n) is 25.6. The van der Waals surface area contributed by atoms with Crippen LogP contribution in [0.2, 0.25) is 0 Å². The van der Waals surface area contributed by atoms with E-state index in [4.69, 9.17) is 4.42 Å². The highest BCUT2D eigenvalue weighted by molar-refractivity contribution is 6.30. The van der Waals surface area contributed by atoms with Gasteiger partial charge in [-0.1, -0.05) is 158 Å². The summed E-state index contributed by atoms with van der Waals surface area (Å²) in [6.07, 6.45) is 0. The predicted octanol–water partition coefficient (Wildman–Crippen LogP) is 13.2. The molecule has 0 amide bonds. The highest BCUT2D eigenvalue weighted by atomic mass is 16.3. The van der Waals surface area contributed by atoms with E-state index in [1.54, 1.807) is 0 Å². The summed E-state index contributed by atoms with van der Waals surface area (Å²) in [6.45, 7) is 0. The summed E-state index contributed by atoms with van der Waals surface area (Å²) in [5, 5.41) is 12.1. The minimum atomic E-state index is 0.908. The third-order valence-corrected chi connectivity index (χ3v) is 9.85. The first-order valence-corrected chi connectivity index (χ1v) is 16.2. The van der Waals surface area contributed by atoms with Crippen molar-refractivity contribution in [2.75, 3.05) is 0 Å². The van der Waals surface area contributed by atoms with Gasteiger partial charge in [0, 0.05) is 16.2 Å². The molecule has 1 aromatic heterocycles. The Balaban J connectivity index is 1.29. The Morgan fingerprint density at radius 2 is 0.787 bits per heavy atom. The van der Waals surface area contributed by atoms with Crippen molar-refractivity contribution in [1.29, 1.82) is 0 Å². The standard InChI is InChI=1S/C46H28O/c1-2-14-29(15-3-1)31-16-4-7-19-34(31)44-38-23-11-9-21-36(38)43(37-22-10-12-24-39(37)44)30-26-27-41-42(28-30)47-46-40-25-13-6-18-33(40)32-17-5-8-20-35(32)45(41)46/h1-28H. The van der Waals surface area contributed by atoms with Gasteiger partial charge >= 0.3 is 0 Å². The molecule has 0 bridgehead atoms. The van der Waals surface area contributed by atoms with Crippen LogP contribution < -0.4 is 0 Å². The van der Waals surface area contributed by atoms with E-state index in [0.29, 0.717) is 0 Å². The fraction of sp³-hybridized carbons (Fsp3) is 0. The van der Waals surface area contributed by atoms with Gasteiger partial charge in [0.1, 0.15) is 11.2 Å². The first kappa shape index (κ1) is 26.1. The van der Waals surface area contributed by atoms with E-state index >= 15 is 0 Å². The lowest BCUT2D eigenvalue weighted by Crippen LogP contribution is -1.92. The fourth-order valence-electron chi connectivity index (χ4n) is 7.86. The highest BCUT2D eigenvalue weighted by Gasteiger charge is 2.20. The van der Waals surface area contributed by atoms with Gasteiger partial charge in [0.2, 0.25) is 0 Å². The van der Waals surface area contributed by atoms with Crippen molar-refractivity contribution in [2.24, 2.45) is 0 Å². The Labute approximate surface area is 271 Å². The van der Waals surface area contributed by atoms with Gasteiger partial charge in [-0.2, -0.15) is 0 Å². The highest BCUT2D eigenvalue weighted by Crippen LogP contribution is 2.47. The average Bonchev–Trinajstić information content (AvgIpc) is 3.54. The molecule has 0 radical (unpaired) electrons. The predicted molar refractivity (Wildman–Crippen MR) is 200 cm³/mol. The van der Waals surface area contributed by atoms with Crippen molar-refractivity contribution < 1.29 is 4.42 Å². The number of fused-ring (bicyclic) bond motifs is 10. The van der Waals surface area contributed by atoms with Gasteiger partial charge in [0.25, 0.3) is 0 Å². The first-order chi connectivity index (χ1) is 23.3. The van der Waals surface area contributed by atoms with Gasteiger partial charge in [0.05, 0.1) is 0 Å². The molecule has 0 aliphatic heterocycles. The maximum absolute atomic E-state index is 6.82. The van der Waals surface area contributed by atoms with Crippen molar-refractivity contribution in [3.63, 3.8) is 0 Å². The maximum atomic E-state index is 6.82. The molecule has 10 rings (SSSR count). The summed E-state index contributed by atoms with van der Waals surface area (Å²) in [5.41, 5.74) is 9.20. The molecule has 10 aromatic rings. The van der Waals surface area contributed by atoms with Gasteiger partial charge in [0.15, 0.2) is 0 Å². The van der Waals surface area contributed by atoms with Crippen molar-refractivity contribution in [3.8, 4) is 33.4 Å². The average molecular weight is 597 g/mol. The number of hydrogen-bond acceptors (Lipinski definition) is 1. The molecule has 0 saturated heterocycles. The van der Waals surface area contributed by atoms with Gasteiger partial charge in [-0.3, -0.25) is 0 Å². The minimum Gasteiger partial charge on any atom is -0.455 e. The van der Waals surface area contributed by atoms with E-state index in [1.165, 1.54) is 70.9 Å². The zero-order chi connectivity index (χ0) is 30.9. The van der Waals surface area contributed by atoms with Gasteiger partial charge < -0.3 is 4.42 Å². The normalized spacial score (nSPS) is 11.8. The molecule has 0 atom stereocenters. The molecule has 0 spiro atoms. The molecular weight excluding hydrogens is 569 g/mol. The summed E-state index contributed by atoms with van der Waals surface area (Å²) in [7, 11) is 0. The van der Waals surface area contributed by atoms with Crippen LogP contribution in [0.1, 0.15) is 0 Å². The van der Waals surface area contributed by atoms with Crippen LogP contribution in [-0.2, 0) is 0 Å². The third-order valence-electron chi connectivity index (χ3n) is 9.85. The molecular formula is C46H28O. The lowest BCUT2D eigenvalue weighted by atomic mass is 9.84. The van der Waals surface area contributed by atoms with Crippen LogP contribution in [0.15, 0.2) is 174 Å². The van der Waals surface area contributed by atoms with E-state index in [2.05, 4.69) is 170 Å². The molecule has 0 aliphatic carbocycles. The smallest absolute Gasteiger partial charge is 0.143 e. The monoisotopic (exact) mass is 596 g/mol. The van der Waals surface area contributed by atoms with Crippen LogP contribution in [-0.4, -0.2) is 0 Å². The van der Waals surface area contributed by atoms with Crippen LogP contribution in [0.5, 0.6) is 0 Å². The Kier molecular flexibility index (Phi) is 5.64. The Hall–Kier alpha value is -6.18. The number of rotatable bonds is 3. The molecule has 1 heterocycles. The quantitative estimate of drug-likeness (QED) is 0.146. The van der Waals surface area contributed by atoms with Crippen molar-refractivity contribution >= 4 is 65.0 Å². The van der Waals surface area contributed by atoms with E-state index in [-0.39, 0.29) is 0 Å². The second-order valence-electron chi connectivity index (χ2n) is 12.4. The lowest BCUT2D eigenvalue weighted by Gasteiger charge is -2.19. The molecule has 0 fully saturated rings. The van der Waals surface area contributed by atoms with E-state index < -0.39 is 0 Å². The zero-order valence-corrected chi connectivity index (χ0v) is 25.6. The van der Waals surface area contributed by atoms with Crippen LogP contribution in [0.3, 0.4) is 0 Å². The molecule has 47 heavy (non-hydrogen) atoms. The van der Waals surface area contributed by atoms with Gasteiger partial charge in [-0.25, -0.2) is 0 Å². The largest absolute Gasteiger partial charge is 0.455 e. The van der Waals surface area contributed by atoms with Crippen molar-refractivity contribution in [1.82, 2.24) is 0 Å². The molecule has 0 unspecified atom stereocenters. The topological polar surface area (TPSA) is 13.1 Å². The molecule has 0 aliphatic rings. The maximum Gasteiger partial charge on any atom is 0.143 e. The van der Waals surface area contributed by atoms with Gasteiger partial charge in [-0.05, 0) is 83.2 Å². The van der Waals surface area contributed by atoms with Crippen molar-refractivity contribution in [2.45, 2.75) is 0 Å². The number of furan rings is 1. The summed E-state index contributed by atoms with van der Waals surface area (Å²) in [6, 6.07) is 61.3. The fourth-order valence-corrected chi connectivity index (χ4v) is 7.86. The number of benzene rings is 9. The molecule has 0 saturated carbocycles. The Morgan fingerprint density at radius 3 is 1.45 bits per heavy atom. The van der Waals surface area contributed by atoms with Crippen LogP contribution in [0.4, 0.5) is 0 Å². The third kappa shape index (κ3) is 3.84. The Morgan fingerprint density at radius 1 is 0.298 bits per heavy atom. The first-order valence-electron chi connectivity index (χ1n) is 16.2. The van der Waals surface area contributed by atoms with E-state index in [0.717, 1.165) is 27.5 Å². The molecule has 9 aromatic carbocycles. The molecule has 1 heteroatoms. The molecule has 0 N–H and O–H groups in total. The summed E-state index contributed by atoms with van der Waals surface area (Å²) >= 11 is 0. The molecule has 218 valence electrons. The summed E-state index contributed by atoms with van der Waals surface area (Å²) in [4.78, 5) is 0. The van der Waals surface area contributed by atoms with Crippen LogP contribution in [0.25, 0.3) is 98.4 Å². The summed E-state index contributed by atoms with van der Waals surface area (Å²) < 4.78 is 6.82. The van der Waals surface area contributed by atoms with E-state index in [9.17, 15) is 0 Å².